The number of hydrogen-bond donors (Lipinski definition) is 0. The van der Waals surface area contributed by atoms with Crippen LogP contribution >= 0.6 is 0 Å². The van der Waals surface area contributed by atoms with Gasteiger partial charge >= 0.3 is 0 Å². The lowest BCUT2D eigenvalue weighted by molar-refractivity contribution is 0.539. The first-order chi connectivity index (χ1) is 8.13. The third-order valence-corrected chi connectivity index (χ3v) is 3.84. The summed E-state index contributed by atoms with van der Waals surface area (Å²) in [5, 5.41) is 0. The summed E-state index contributed by atoms with van der Waals surface area (Å²) in [6, 6.07) is 6.72. The summed E-state index contributed by atoms with van der Waals surface area (Å²) in [6.45, 7) is 12.6. The standard InChI is InChI=1S/C17H22/c1-5-6-14-7-8-16-11-15(12(2)3)9-10-17(16)13(14)4/h9-11,14H,2,4-8H2,1,3H3. The van der Waals surface area contributed by atoms with Gasteiger partial charge in [0.15, 0.2) is 0 Å². The molecule has 0 spiro atoms. The molecule has 2 rings (SSSR count). The van der Waals surface area contributed by atoms with Gasteiger partial charge in [-0.25, -0.2) is 0 Å². The summed E-state index contributed by atoms with van der Waals surface area (Å²) in [5.74, 6) is 0.697. The first kappa shape index (κ1) is 12.2. The van der Waals surface area contributed by atoms with E-state index in [-0.39, 0.29) is 0 Å². The minimum absolute atomic E-state index is 0.697. The first-order valence-corrected chi connectivity index (χ1v) is 6.61. The molecule has 0 amide bonds. The van der Waals surface area contributed by atoms with Crippen molar-refractivity contribution in [2.24, 2.45) is 5.92 Å². The molecule has 1 aromatic rings. The van der Waals surface area contributed by atoms with Crippen LogP contribution < -0.4 is 0 Å². The highest BCUT2D eigenvalue weighted by Gasteiger charge is 2.21. The van der Waals surface area contributed by atoms with Crippen molar-refractivity contribution in [2.45, 2.75) is 39.5 Å². The Labute approximate surface area is 105 Å². The Morgan fingerprint density at radius 2 is 2.18 bits per heavy atom. The van der Waals surface area contributed by atoms with Gasteiger partial charge in [0.25, 0.3) is 0 Å². The van der Waals surface area contributed by atoms with E-state index >= 15 is 0 Å². The summed E-state index contributed by atoms with van der Waals surface area (Å²) < 4.78 is 0. The molecular formula is C17H22. The fourth-order valence-corrected chi connectivity index (χ4v) is 2.77. The van der Waals surface area contributed by atoms with E-state index in [1.54, 1.807) is 0 Å². The molecule has 1 aliphatic carbocycles. The normalized spacial score (nSPS) is 18.9. The van der Waals surface area contributed by atoms with Gasteiger partial charge in [-0.1, -0.05) is 50.3 Å². The van der Waals surface area contributed by atoms with Crippen LogP contribution in [0.2, 0.25) is 0 Å². The van der Waals surface area contributed by atoms with Crippen LogP contribution in [0.4, 0.5) is 0 Å². The average Bonchev–Trinajstić information content (AvgIpc) is 2.32. The molecule has 0 aliphatic heterocycles. The van der Waals surface area contributed by atoms with Crippen molar-refractivity contribution < 1.29 is 0 Å². The van der Waals surface area contributed by atoms with E-state index < -0.39 is 0 Å². The number of allylic oxidation sites excluding steroid dienone is 2. The van der Waals surface area contributed by atoms with Crippen LogP contribution in [0.25, 0.3) is 11.1 Å². The topological polar surface area (TPSA) is 0 Å². The zero-order valence-corrected chi connectivity index (χ0v) is 11.1. The number of fused-ring (bicyclic) bond motifs is 1. The van der Waals surface area contributed by atoms with Crippen LogP contribution in [0.1, 0.15) is 49.8 Å². The fraction of sp³-hybridized carbons (Fsp3) is 0.412. The van der Waals surface area contributed by atoms with E-state index in [1.165, 1.54) is 47.9 Å². The van der Waals surface area contributed by atoms with E-state index in [0.717, 1.165) is 5.57 Å². The minimum atomic E-state index is 0.697. The molecule has 1 atom stereocenters. The predicted molar refractivity (Wildman–Crippen MR) is 76.9 cm³/mol. The summed E-state index contributed by atoms with van der Waals surface area (Å²) in [4.78, 5) is 0. The Morgan fingerprint density at radius 3 is 2.82 bits per heavy atom. The highest BCUT2D eigenvalue weighted by atomic mass is 14.3. The molecule has 0 saturated heterocycles. The molecule has 0 heteroatoms. The monoisotopic (exact) mass is 226 g/mol. The highest BCUT2D eigenvalue weighted by molar-refractivity contribution is 5.73. The molecule has 0 aromatic heterocycles. The Kier molecular flexibility index (Phi) is 3.51. The van der Waals surface area contributed by atoms with E-state index in [9.17, 15) is 0 Å². The van der Waals surface area contributed by atoms with E-state index in [0.29, 0.717) is 5.92 Å². The lowest BCUT2D eigenvalue weighted by atomic mass is 9.77. The third-order valence-electron chi connectivity index (χ3n) is 3.84. The second-order valence-corrected chi connectivity index (χ2v) is 5.20. The van der Waals surface area contributed by atoms with Crippen molar-refractivity contribution in [3.05, 3.63) is 48.0 Å². The van der Waals surface area contributed by atoms with Crippen molar-refractivity contribution in [3.63, 3.8) is 0 Å². The van der Waals surface area contributed by atoms with E-state index in [1.807, 2.05) is 0 Å². The van der Waals surface area contributed by atoms with Crippen molar-refractivity contribution in [1.82, 2.24) is 0 Å². The molecule has 0 N–H and O–H groups in total. The average molecular weight is 226 g/mol. The SMILES string of the molecule is C=C(C)c1ccc2c(c1)CCC(CCC)C2=C. The van der Waals surface area contributed by atoms with Gasteiger partial charge in [-0.05, 0) is 54.4 Å². The van der Waals surface area contributed by atoms with Crippen LogP contribution in [0.15, 0.2) is 31.4 Å². The van der Waals surface area contributed by atoms with Gasteiger partial charge in [-0.15, -0.1) is 0 Å². The largest absolute Gasteiger partial charge is 0.0955 e. The maximum Gasteiger partial charge on any atom is -0.0159 e. The van der Waals surface area contributed by atoms with Gasteiger partial charge in [0, 0.05) is 0 Å². The van der Waals surface area contributed by atoms with Gasteiger partial charge < -0.3 is 0 Å². The van der Waals surface area contributed by atoms with Gasteiger partial charge in [0.1, 0.15) is 0 Å². The quantitative estimate of drug-likeness (QED) is 0.673. The summed E-state index contributed by atoms with van der Waals surface area (Å²) in [7, 11) is 0. The molecular weight excluding hydrogens is 204 g/mol. The summed E-state index contributed by atoms with van der Waals surface area (Å²) in [6.07, 6.45) is 4.99. The van der Waals surface area contributed by atoms with Gasteiger partial charge in [0.05, 0.1) is 0 Å². The highest BCUT2D eigenvalue weighted by Crippen LogP contribution is 2.37. The molecule has 0 nitrogen and oxygen atoms in total. The van der Waals surface area contributed by atoms with Crippen LogP contribution in [-0.2, 0) is 6.42 Å². The molecule has 90 valence electrons. The Hall–Kier alpha value is -1.30. The maximum absolute atomic E-state index is 4.31. The van der Waals surface area contributed by atoms with Crippen molar-refractivity contribution in [3.8, 4) is 0 Å². The molecule has 1 aromatic carbocycles. The number of rotatable bonds is 3. The second kappa shape index (κ2) is 4.91. The fourth-order valence-electron chi connectivity index (χ4n) is 2.77. The zero-order chi connectivity index (χ0) is 12.4. The van der Waals surface area contributed by atoms with Crippen molar-refractivity contribution in [1.29, 1.82) is 0 Å². The van der Waals surface area contributed by atoms with Crippen LogP contribution in [-0.4, -0.2) is 0 Å². The van der Waals surface area contributed by atoms with Gasteiger partial charge in [-0.3, -0.25) is 0 Å². The van der Waals surface area contributed by atoms with Gasteiger partial charge in [0.2, 0.25) is 0 Å². The Morgan fingerprint density at radius 1 is 1.41 bits per heavy atom. The molecule has 0 heterocycles. The first-order valence-electron chi connectivity index (χ1n) is 6.61. The molecule has 0 radical (unpaired) electrons. The lowest BCUT2D eigenvalue weighted by Crippen LogP contribution is -2.12. The molecule has 0 fully saturated rings. The maximum atomic E-state index is 4.31. The molecule has 17 heavy (non-hydrogen) atoms. The van der Waals surface area contributed by atoms with E-state index in [2.05, 4.69) is 45.2 Å². The molecule has 1 aliphatic rings. The molecule has 1 unspecified atom stereocenters. The van der Waals surface area contributed by atoms with Gasteiger partial charge in [-0.2, -0.15) is 0 Å². The van der Waals surface area contributed by atoms with Crippen LogP contribution in [0.5, 0.6) is 0 Å². The number of benzene rings is 1. The zero-order valence-electron chi connectivity index (χ0n) is 11.1. The third kappa shape index (κ3) is 2.36. The molecule has 0 saturated carbocycles. The predicted octanol–water partition coefficient (Wildman–Crippen LogP) is 5.10. The summed E-state index contributed by atoms with van der Waals surface area (Å²) >= 11 is 0. The number of aryl methyl sites for hydroxylation is 1. The summed E-state index contributed by atoms with van der Waals surface area (Å²) in [5.41, 5.74) is 6.61. The lowest BCUT2D eigenvalue weighted by Gasteiger charge is -2.27. The number of hydrogen-bond acceptors (Lipinski definition) is 0. The molecule has 0 bridgehead atoms. The van der Waals surface area contributed by atoms with Crippen LogP contribution in [0.3, 0.4) is 0 Å². The minimum Gasteiger partial charge on any atom is -0.0955 e. The smallest absolute Gasteiger partial charge is 0.0159 e. The van der Waals surface area contributed by atoms with E-state index in [4.69, 9.17) is 0 Å². The van der Waals surface area contributed by atoms with Crippen LogP contribution in [0, 0.1) is 5.92 Å². The van der Waals surface area contributed by atoms with Crippen molar-refractivity contribution in [2.75, 3.05) is 0 Å². The Balaban J connectivity index is 2.32. The second-order valence-electron chi connectivity index (χ2n) is 5.20. The van der Waals surface area contributed by atoms with Crippen molar-refractivity contribution >= 4 is 11.1 Å². The Bertz CT molecular complexity index is 451.